The lowest BCUT2D eigenvalue weighted by molar-refractivity contribution is 0.102. The van der Waals surface area contributed by atoms with Gasteiger partial charge in [-0.15, -0.1) is 0 Å². The molecule has 0 amide bonds. The first-order valence-corrected chi connectivity index (χ1v) is 7.60. The van der Waals surface area contributed by atoms with Crippen molar-refractivity contribution in [3.63, 3.8) is 0 Å². The van der Waals surface area contributed by atoms with Gasteiger partial charge in [-0.2, -0.15) is 0 Å². The zero-order chi connectivity index (χ0) is 15.0. The Morgan fingerprint density at radius 2 is 1.05 bits per heavy atom. The van der Waals surface area contributed by atoms with E-state index in [1.54, 1.807) is 0 Å². The number of hydrogen-bond donors (Lipinski definition) is 1. The molecule has 0 fully saturated rings. The van der Waals surface area contributed by atoms with Gasteiger partial charge in [0, 0.05) is 4.47 Å². The summed E-state index contributed by atoms with van der Waals surface area (Å²) < 4.78 is 1.01. The van der Waals surface area contributed by atoms with Gasteiger partial charge < -0.3 is 5.11 Å². The van der Waals surface area contributed by atoms with Crippen LogP contribution in [0.4, 0.5) is 0 Å². The Morgan fingerprint density at radius 1 is 0.700 bits per heavy atom. The largest absolute Gasteiger partial charge is 0.381 e. The van der Waals surface area contributed by atoms with Gasteiger partial charge in [-0.25, -0.2) is 0 Å². The first-order chi connectivity index (χ1) is 9.21. The van der Waals surface area contributed by atoms with Gasteiger partial charge in [0.05, 0.1) is 0 Å². The number of hydrogen-bond acceptors (Lipinski definition) is 1. The van der Waals surface area contributed by atoms with Crippen molar-refractivity contribution >= 4 is 15.9 Å². The van der Waals surface area contributed by atoms with Crippen molar-refractivity contribution in [2.75, 3.05) is 0 Å². The number of benzene rings is 2. The molecule has 0 aliphatic carbocycles. The van der Waals surface area contributed by atoms with Crippen molar-refractivity contribution in [3.05, 3.63) is 69.7 Å². The van der Waals surface area contributed by atoms with E-state index in [1.807, 2.05) is 43.3 Å². The van der Waals surface area contributed by atoms with Gasteiger partial charge in [-0.3, -0.25) is 0 Å². The molecule has 1 nitrogen and oxygen atoms in total. The molecule has 1 unspecified atom stereocenters. The molecule has 1 atom stereocenters. The van der Waals surface area contributed by atoms with Gasteiger partial charge in [0.25, 0.3) is 0 Å². The summed E-state index contributed by atoms with van der Waals surface area (Å²) in [5, 5.41) is 10.8. The molecule has 0 saturated heterocycles. The Morgan fingerprint density at radius 3 is 1.45 bits per heavy atom. The molecular weight excluding hydrogens is 312 g/mol. The Hall–Kier alpha value is -1.12. The maximum Gasteiger partial charge on any atom is 0.112 e. The fourth-order valence-electron chi connectivity index (χ4n) is 2.24. The summed E-state index contributed by atoms with van der Waals surface area (Å²) in [5.41, 5.74) is 2.23. The monoisotopic (exact) mass is 332 g/mol. The molecule has 2 aromatic rings. The lowest BCUT2D eigenvalue weighted by Crippen LogP contribution is -2.23. The van der Waals surface area contributed by atoms with Crippen LogP contribution in [0.25, 0.3) is 0 Å². The van der Waals surface area contributed by atoms with Crippen LogP contribution < -0.4 is 0 Å². The van der Waals surface area contributed by atoms with Crippen LogP contribution in [0, 0.1) is 0 Å². The van der Waals surface area contributed by atoms with Gasteiger partial charge in [0.2, 0.25) is 0 Å². The highest BCUT2D eigenvalue weighted by Crippen LogP contribution is 2.31. The average molecular weight is 333 g/mol. The molecule has 1 N–H and O–H groups in total. The molecule has 106 valence electrons. The van der Waals surface area contributed by atoms with E-state index >= 15 is 0 Å². The Labute approximate surface area is 129 Å². The van der Waals surface area contributed by atoms with Gasteiger partial charge in [0.15, 0.2) is 0 Å². The van der Waals surface area contributed by atoms with Crippen LogP contribution in [-0.4, -0.2) is 5.11 Å². The molecule has 0 spiro atoms. The van der Waals surface area contributed by atoms with E-state index in [1.165, 1.54) is 5.56 Å². The molecule has 0 saturated carbocycles. The summed E-state index contributed by atoms with van der Waals surface area (Å²) >= 11 is 3.42. The lowest BCUT2D eigenvalue weighted by atomic mass is 9.83. The summed E-state index contributed by atoms with van der Waals surface area (Å²) in [6, 6.07) is 16.0. The van der Waals surface area contributed by atoms with E-state index in [9.17, 15) is 5.11 Å². The van der Waals surface area contributed by atoms with Crippen LogP contribution in [-0.2, 0) is 11.0 Å². The van der Waals surface area contributed by atoms with Crippen molar-refractivity contribution in [2.45, 2.75) is 38.7 Å². The zero-order valence-electron chi connectivity index (χ0n) is 12.4. The quantitative estimate of drug-likeness (QED) is 0.820. The van der Waals surface area contributed by atoms with Crippen LogP contribution in [0.1, 0.15) is 44.4 Å². The van der Waals surface area contributed by atoms with E-state index in [0.29, 0.717) is 0 Å². The van der Waals surface area contributed by atoms with E-state index in [-0.39, 0.29) is 5.41 Å². The summed E-state index contributed by atoms with van der Waals surface area (Å²) in [6.07, 6.45) is 0. The third-order valence-corrected chi connectivity index (χ3v) is 4.25. The third-order valence-electron chi connectivity index (χ3n) is 3.72. The number of rotatable bonds is 2. The molecule has 2 aromatic carbocycles. The zero-order valence-corrected chi connectivity index (χ0v) is 14.0. The topological polar surface area (TPSA) is 20.2 Å². The fraction of sp³-hybridized carbons (Fsp3) is 0.333. The smallest absolute Gasteiger partial charge is 0.112 e. The fourth-order valence-corrected chi connectivity index (χ4v) is 2.50. The van der Waals surface area contributed by atoms with Crippen molar-refractivity contribution in [1.82, 2.24) is 0 Å². The summed E-state index contributed by atoms with van der Waals surface area (Å²) in [6.45, 7) is 8.40. The average Bonchev–Trinajstić information content (AvgIpc) is 2.38. The van der Waals surface area contributed by atoms with Crippen molar-refractivity contribution < 1.29 is 5.11 Å². The Kier molecular flexibility index (Phi) is 4.08. The molecule has 20 heavy (non-hydrogen) atoms. The highest BCUT2D eigenvalue weighted by Gasteiger charge is 2.26. The first-order valence-electron chi connectivity index (χ1n) is 6.81. The minimum absolute atomic E-state index is 0.127. The Bertz CT molecular complexity index is 574. The normalized spacial score (nSPS) is 14.9. The Balaban J connectivity index is 2.37. The molecule has 0 aromatic heterocycles. The van der Waals surface area contributed by atoms with Crippen LogP contribution in [0.2, 0.25) is 0 Å². The van der Waals surface area contributed by atoms with Crippen LogP contribution >= 0.6 is 15.9 Å². The second-order valence-corrected chi connectivity index (χ2v) is 7.32. The SMILES string of the molecule is CC(C)(C)c1ccc(C(C)(O)c2ccc(Br)cc2)cc1. The second-order valence-electron chi connectivity index (χ2n) is 6.41. The molecule has 0 aliphatic heterocycles. The van der Waals surface area contributed by atoms with E-state index in [0.717, 1.165) is 15.6 Å². The van der Waals surface area contributed by atoms with Crippen molar-refractivity contribution in [2.24, 2.45) is 0 Å². The third kappa shape index (κ3) is 3.13. The van der Waals surface area contributed by atoms with E-state index < -0.39 is 5.60 Å². The summed E-state index contributed by atoms with van der Waals surface area (Å²) in [4.78, 5) is 0. The van der Waals surface area contributed by atoms with Gasteiger partial charge >= 0.3 is 0 Å². The minimum Gasteiger partial charge on any atom is -0.381 e. The highest BCUT2D eigenvalue weighted by atomic mass is 79.9. The lowest BCUT2D eigenvalue weighted by Gasteiger charge is -2.26. The predicted molar refractivity (Wildman–Crippen MR) is 88.0 cm³/mol. The van der Waals surface area contributed by atoms with Crippen LogP contribution in [0.5, 0.6) is 0 Å². The maximum atomic E-state index is 10.8. The number of aliphatic hydroxyl groups is 1. The predicted octanol–water partition coefficient (Wildman–Crippen LogP) is 5.00. The first kappa shape index (κ1) is 15.3. The summed E-state index contributed by atoms with van der Waals surface area (Å²) in [5.74, 6) is 0. The van der Waals surface area contributed by atoms with Gasteiger partial charge in [-0.05, 0) is 41.2 Å². The summed E-state index contributed by atoms with van der Waals surface area (Å²) in [7, 11) is 0. The molecule has 0 bridgehead atoms. The van der Waals surface area contributed by atoms with Crippen LogP contribution in [0.3, 0.4) is 0 Å². The molecule has 2 heteroatoms. The van der Waals surface area contributed by atoms with Gasteiger partial charge in [-0.1, -0.05) is 73.1 Å². The highest BCUT2D eigenvalue weighted by molar-refractivity contribution is 9.10. The van der Waals surface area contributed by atoms with Crippen LogP contribution in [0.15, 0.2) is 53.0 Å². The molecule has 2 rings (SSSR count). The standard InChI is InChI=1S/C18H21BrO/c1-17(2,3)13-5-7-14(8-6-13)18(4,20)15-9-11-16(19)12-10-15/h5-12,20H,1-4H3. The minimum atomic E-state index is -0.975. The molecule has 0 aliphatic rings. The van der Waals surface area contributed by atoms with E-state index in [4.69, 9.17) is 0 Å². The van der Waals surface area contributed by atoms with Gasteiger partial charge in [0.1, 0.15) is 5.60 Å². The van der Waals surface area contributed by atoms with E-state index in [2.05, 4.69) is 48.8 Å². The van der Waals surface area contributed by atoms with Crippen molar-refractivity contribution in [3.8, 4) is 0 Å². The second kappa shape index (κ2) is 5.34. The molecule has 0 radical (unpaired) electrons. The molecular formula is C18H21BrO. The molecule has 0 heterocycles. The van der Waals surface area contributed by atoms with Crippen molar-refractivity contribution in [1.29, 1.82) is 0 Å². The maximum absolute atomic E-state index is 10.8. The number of halogens is 1.